The van der Waals surface area contributed by atoms with Gasteiger partial charge < -0.3 is 14.2 Å². The first-order valence-electron chi connectivity index (χ1n) is 8.01. The molecule has 1 fully saturated rings. The average molecular weight is 384 g/mol. The van der Waals surface area contributed by atoms with Gasteiger partial charge >= 0.3 is 0 Å². The van der Waals surface area contributed by atoms with E-state index in [0.29, 0.717) is 35.4 Å². The van der Waals surface area contributed by atoms with Crippen molar-refractivity contribution in [3.8, 4) is 5.75 Å². The third kappa shape index (κ3) is 4.87. The van der Waals surface area contributed by atoms with Crippen molar-refractivity contribution in [2.75, 3.05) is 32.8 Å². The summed E-state index contributed by atoms with van der Waals surface area (Å²) in [5.74, 6) is 1.25. The van der Waals surface area contributed by atoms with E-state index in [1.807, 2.05) is 13.0 Å². The van der Waals surface area contributed by atoms with E-state index in [-0.39, 0.29) is 12.5 Å². The van der Waals surface area contributed by atoms with Crippen LogP contribution in [0.5, 0.6) is 5.75 Å². The van der Waals surface area contributed by atoms with Gasteiger partial charge in [0, 0.05) is 37.3 Å². The lowest BCUT2D eigenvalue weighted by molar-refractivity contribution is -0.135. The minimum absolute atomic E-state index is 0.0390. The summed E-state index contributed by atoms with van der Waals surface area (Å²) in [4.78, 5) is 16.3. The Labute approximate surface area is 156 Å². The monoisotopic (exact) mass is 383 g/mol. The Morgan fingerprint density at radius 2 is 2.00 bits per heavy atom. The molecule has 0 N–H and O–H groups in total. The molecule has 1 aliphatic rings. The van der Waals surface area contributed by atoms with E-state index in [2.05, 4.69) is 10.1 Å². The molecule has 1 aromatic heterocycles. The second-order valence-electron chi connectivity index (χ2n) is 5.95. The number of aryl methyl sites for hydroxylation is 1. The number of nitrogens with zero attached hydrogens (tertiary/aromatic N) is 3. The van der Waals surface area contributed by atoms with E-state index in [0.717, 1.165) is 24.5 Å². The van der Waals surface area contributed by atoms with Crippen LogP contribution < -0.4 is 4.74 Å². The number of carbonyl (C=O) groups is 1. The van der Waals surface area contributed by atoms with Gasteiger partial charge in [-0.05, 0) is 25.1 Å². The SMILES string of the molecule is Cc1cc(CN2CCN(C(=O)COc3ccc(Cl)cc3Cl)CC2)on1. The minimum atomic E-state index is -0.0545. The zero-order chi connectivity index (χ0) is 17.8. The van der Waals surface area contributed by atoms with Gasteiger partial charge in [-0.3, -0.25) is 9.69 Å². The summed E-state index contributed by atoms with van der Waals surface area (Å²) >= 11 is 11.9. The van der Waals surface area contributed by atoms with Gasteiger partial charge in [-0.1, -0.05) is 28.4 Å². The van der Waals surface area contributed by atoms with E-state index in [1.165, 1.54) is 0 Å². The fourth-order valence-corrected chi connectivity index (χ4v) is 3.15. The number of benzene rings is 1. The van der Waals surface area contributed by atoms with E-state index < -0.39 is 0 Å². The first kappa shape index (κ1) is 18.0. The van der Waals surface area contributed by atoms with Gasteiger partial charge in [-0.2, -0.15) is 0 Å². The van der Waals surface area contributed by atoms with Crippen LogP contribution >= 0.6 is 23.2 Å². The highest BCUT2D eigenvalue weighted by Gasteiger charge is 2.22. The molecule has 0 aliphatic carbocycles. The van der Waals surface area contributed by atoms with Crippen molar-refractivity contribution in [2.45, 2.75) is 13.5 Å². The first-order valence-corrected chi connectivity index (χ1v) is 8.77. The zero-order valence-electron chi connectivity index (χ0n) is 13.9. The summed E-state index contributed by atoms with van der Waals surface area (Å²) in [6.07, 6.45) is 0. The maximum Gasteiger partial charge on any atom is 0.260 e. The summed E-state index contributed by atoms with van der Waals surface area (Å²) in [5, 5.41) is 4.81. The Kier molecular flexibility index (Phi) is 5.83. The molecule has 0 radical (unpaired) electrons. The predicted octanol–water partition coefficient (Wildman–Crippen LogP) is 3.01. The van der Waals surface area contributed by atoms with Crippen LogP contribution in [0.3, 0.4) is 0 Å². The van der Waals surface area contributed by atoms with Crippen molar-refractivity contribution >= 4 is 29.1 Å². The number of hydrogen-bond acceptors (Lipinski definition) is 5. The lowest BCUT2D eigenvalue weighted by Gasteiger charge is -2.34. The molecule has 3 rings (SSSR count). The molecule has 2 aromatic rings. The van der Waals surface area contributed by atoms with Crippen LogP contribution in [0.15, 0.2) is 28.8 Å². The van der Waals surface area contributed by atoms with Crippen molar-refractivity contribution in [2.24, 2.45) is 0 Å². The van der Waals surface area contributed by atoms with Crippen molar-refractivity contribution in [1.82, 2.24) is 15.0 Å². The minimum Gasteiger partial charge on any atom is -0.482 e. The number of aromatic nitrogens is 1. The van der Waals surface area contributed by atoms with Gasteiger partial charge in [0.05, 0.1) is 17.3 Å². The topological polar surface area (TPSA) is 58.8 Å². The standard InChI is InChI=1S/C17H19Cl2N3O3/c1-12-8-14(25-20-12)10-21-4-6-22(7-5-21)17(23)11-24-16-3-2-13(18)9-15(16)19/h2-3,8-9H,4-7,10-11H2,1H3. The van der Waals surface area contributed by atoms with Crippen molar-refractivity contribution in [1.29, 1.82) is 0 Å². The van der Waals surface area contributed by atoms with Crippen LogP contribution in [-0.4, -0.2) is 53.6 Å². The molecule has 1 aromatic carbocycles. The Balaban J connectivity index is 1.45. The molecule has 134 valence electrons. The van der Waals surface area contributed by atoms with Crippen LogP contribution in [0.4, 0.5) is 0 Å². The molecule has 6 nitrogen and oxygen atoms in total. The van der Waals surface area contributed by atoms with Gasteiger partial charge in [0.25, 0.3) is 5.91 Å². The van der Waals surface area contributed by atoms with E-state index in [9.17, 15) is 4.79 Å². The molecule has 1 aliphatic heterocycles. The van der Waals surface area contributed by atoms with Crippen LogP contribution in [-0.2, 0) is 11.3 Å². The third-order valence-electron chi connectivity index (χ3n) is 4.03. The Morgan fingerprint density at radius 3 is 2.64 bits per heavy atom. The van der Waals surface area contributed by atoms with Gasteiger partial charge in [0.15, 0.2) is 12.4 Å². The Morgan fingerprint density at radius 1 is 1.24 bits per heavy atom. The number of piperazine rings is 1. The summed E-state index contributed by atoms with van der Waals surface area (Å²) in [5.41, 5.74) is 0.877. The molecule has 0 atom stereocenters. The number of rotatable bonds is 5. The van der Waals surface area contributed by atoms with Crippen molar-refractivity contribution in [3.05, 3.63) is 45.8 Å². The molecular formula is C17H19Cl2N3O3. The maximum atomic E-state index is 12.3. The second kappa shape index (κ2) is 8.08. The lowest BCUT2D eigenvalue weighted by Crippen LogP contribution is -2.49. The average Bonchev–Trinajstić information content (AvgIpc) is 2.99. The Hall–Kier alpha value is -1.76. The van der Waals surface area contributed by atoms with Gasteiger partial charge in [-0.25, -0.2) is 0 Å². The molecule has 1 amide bonds. The Bertz CT molecular complexity index is 742. The van der Waals surface area contributed by atoms with Crippen LogP contribution in [0.25, 0.3) is 0 Å². The summed E-state index contributed by atoms with van der Waals surface area (Å²) in [6, 6.07) is 6.86. The highest BCUT2D eigenvalue weighted by atomic mass is 35.5. The molecular weight excluding hydrogens is 365 g/mol. The van der Waals surface area contributed by atoms with E-state index >= 15 is 0 Å². The number of ether oxygens (including phenoxy) is 1. The molecule has 0 spiro atoms. The van der Waals surface area contributed by atoms with Crippen LogP contribution in [0, 0.1) is 6.92 Å². The smallest absolute Gasteiger partial charge is 0.260 e. The van der Waals surface area contributed by atoms with E-state index in [4.69, 9.17) is 32.5 Å². The molecule has 25 heavy (non-hydrogen) atoms. The number of hydrogen-bond donors (Lipinski definition) is 0. The van der Waals surface area contributed by atoms with Crippen molar-refractivity contribution < 1.29 is 14.1 Å². The highest BCUT2D eigenvalue weighted by molar-refractivity contribution is 6.35. The number of carbonyl (C=O) groups excluding carboxylic acids is 1. The molecule has 0 saturated carbocycles. The second-order valence-corrected chi connectivity index (χ2v) is 6.80. The number of halogens is 2. The fourth-order valence-electron chi connectivity index (χ4n) is 2.69. The summed E-state index contributed by atoms with van der Waals surface area (Å²) in [7, 11) is 0. The zero-order valence-corrected chi connectivity index (χ0v) is 15.4. The fraction of sp³-hybridized carbons (Fsp3) is 0.412. The van der Waals surface area contributed by atoms with Crippen molar-refractivity contribution in [3.63, 3.8) is 0 Å². The molecule has 2 heterocycles. The summed E-state index contributed by atoms with van der Waals surface area (Å²) < 4.78 is 10.7. The summed E-state index contributed by atoms with van der Waals surface area (Å²) in [6.45, 7) is 5.45. The largest absolute Gasteiger partial charge is 0.482 e. The predicted molar refractivity (Wildman–Crippen MR) is 95.1 cm³/mol. The van der Waals surface area contributed by atoms with Gasteiger partial charge in [-0.15, -0.1) is 0 Å². The van der Waals surface area contributed by atoms with Crippen LogP contribution in [0.1, 0.15) is 11.5 Å². The highest BCUT2D eigenvalue weighted by Crippen LogP contribution is 2.27. The van der Waals surface area contributed by atoms with E-state index in [1.54, 1.807) is 23.1 Å². The molecule has 0 unspecified atom stereocenters. The van der Waals surface area contributed by atoms with Crippen LogP contribution in [0.2, 0.25) is 10.0 Å². The number of amides is 1. The third-order valence-corrected chi connectivity index (χ3v) is 4.56. The quantitative estimate of drug-likeness (QED) is 0.793. The molecule has 0 bridgehead atoms. The molecule has 8 heteroatoms. The van der Waals surface area contributed by atoms with Gasteiger partial charge in [0.2, 0.25) is 0 Å². The van der Waals surface area contributed by atoms with Gasteiger partial charge in [0.1, 0.15) is 5.75 Å². The molecule has 1 saturated heterocycles. The normalized spacial score (nSPS) is 15.4. The maximum absolute atomic E-state index is 12.3. The first-order chi connectivity index (χ1) is 12.0. The lowest BCUT2D eigenvalue weighted by atomic mass is 10.3.